The number of ether oxygens (including phenoxy) is 1. The van der Waals surface area contributed by atoms with Crippen LogP contribution in [0.2, 0.25) is 0 Å². The number of benzene rings is 2. The van der Waals surface area contributed by atoms with Crippen LogP contribution < -0.4 is 15.0 Å². The van der Waals surface area contributed by atoms with E-state index in [2.05, 4.69) is 55.8 Å². The van der Waals surface area contributed by atoms with Crippen molar-refractivity contribution >= 4 is 17.3 Å². The summed E-state index contributed by atoms with van der Waals surface area (Å²) in [6, 6.07) is 18.9. The van der Waals surface area contributed by atoms with Crippen molar-refractivity contribution in [3.8, 4) is 5.75 Å². The maximum absolute atomic E-state index is 13.6. The molecule has 1 fully saturated rings. The number of hydrogen-bond donors (Lipinski definition) is 1. The third kappa shape index (κ3) is 8.48. The standard InChI is InChI=1S/C37H42F3N5O2/c1-24-13-17-41-23-29(24)22-28-7-5-6-8-33(28)45(30-9-11-32(12-10-30)47-37(39)40)31-15-19-44(20-16-31)26(3)14-18-42-36(46)35-25(2)21-34(38)43-27(35)4/h5-13,17,21,23,26,31,37H,14-16,18-20,22H2,1-4H3,(H,42,46)/t26-/m1/s1. The second kappa shape index (κ2) is 15.4. The van der Waals surface area contributed by atoms with Crippen molar-refractivity contribution in [1.82, 2.24) is 20.2 Å². The van der Waals surface area contributed by atoms with Gasteiger partial charge in [-0.05, 0) is 112 Å². The average Bonchev–Trinajstić information content (AvgIpc) is 3.03. The van der Waals surface area contributed by atoms with Crippen LogP contribution in [0.1, 0.15) is 64.5 Å². The third-order valence-electron chi connectivity index (χ3n) is 9.05. The summed E-state index contributed by atoms with van der Waals surface area (Å²) in [6.45, 7) is 6.97. The Morgan fingerprint density at radius 3 is 2.43 bits per heavy atom. The van der Waals surface area contributed by atoms with E-state index in [4.69, 9.17) is 0 Å². The number of halogens is 3. The van der Waals surface area contributed by atoms with Gasteiger partial charge in [-0.25, -0.2) is 4.98 Å². The number of likely N-dealkylation sites (tertiary alicyclic amines) is 1. The van der Waals surface area contributed by atoms with E-state index in [1.165, 1.54) is 11.6 Å². The number of anilines is 2. The number of nitrogens with one attached hydrogen (secondary N) is 1. The van der Waals surface area contributed by atoms with Gasteiger partial charge in [0.05, 0.1) is 11.3 Å². The molecular formula is C37H42F3N5O2. The summed E-state index contributed by atoms with van der Waals surface area (Å²) >= 11 is 0. The lowest BCUT2D eigenvalue weighted by Crippen LogP contribution is -2.47. The van der Waals surface area contributed by atoms with Crippen LogP contribution in [0, 0.1) is 26.7 Å². The van der Waals surface area contributed by atoms with Crippen LogP contribution in [0.25, 0.3) is 0 Å². The topological polar surface area (TPSA) is 70.6 Å². The molecule has 10 heteroatoms. The quantitative estimate of drug-likeness (QED) is 0.161. The van der Waals surface area contributed by atoms with E-state index >= 15 is 0 Å². The second-order valence-electron chi connectivity index (χ2n) is 12.2. The number of pyridine rings is 2. The van der Waals surface area contributed by atoms with Crippen molar-refractivity contribution in [2.45, 2.75) is 72.1 Å². The van der Waals surface area contributed by atoms with Gasteiger partial charge in [0.25, 0.3) is 5.91 Å². The maximum Gasteiger partial charge on any atom is 0.387 e. The first-order valence-corrected chi connectivity index (χ1v) is 16.1. The van der Waals surface area contributed by atoms with Crippen LogP contribution in [0.3, 0.4) is 0 Å². The highest BCUT2D eigenvalue weighted by atomic mass is 19.3. The van der Waals surface area contributed by atoms with E-state index in [0.717, 1.165) is 54.9 Å². The summed E-state index contributed by atoms with van der Waals surface area (Å²) in [5, 5.41) is 2.99. The van der Waals surface area contributed by atoms with Crippen LogP contribution >= 0.6 is 0 Å². The minimum Gasteiger partial charge on any atom is -0.435 e. The molecule has 1 saturated heterocycles. The predicted octanol–water partition coefficient (Wildman–Crippen LogP) is 7.54. The van der Waals surface area contributed by atoms with E-state index in [0.29, 0.717) is 29.8 Å². The van der Waals surface area contributed by atoms with Crippen molar-refractivity contribution in [3.05, 3.63) is 113 Å². The Morgan fingerprint density at radius 1 is 1.02 bits per heavy atom. The summed E-state index contributed by atoms with van der Waals surface area (Å²) in [4.78, 5) is 25.8. The fourth-order valence-electron chi connectivity index (χ4n) is 6.50. The van der Waals surface area contributed by atoms with Gasteiger partial charge >= 0.3 is 6.61 Å². The number of nitrogens with zero attached hydrogens (tertiary/aromatic N) is 4. The van der Waals surface area contributed by atoms with Crippen LogP contribution in [0.4, 0.5) is 24.5 Å². The molecular weight excluding hydrogens is 603 g/mol. The molecule has 0 saturated carbocycles. The molecule has 0 aliphatic carbocycles. The maximum atomic E-state index is 13.6. The Morgan fingerprint density at radius 2 is 1.74 bits per heavy atom. The van der Waals surface area contributed by atoms with Crippen molar-refractivity contribution in [2.24, 2.45) is 0 Å². The van der Waals surface area contributed by atoms with Crippen molar-refractivity contribution in [3.63, 3.8) is 0 Å². The largest absolute Gasteiger partial charge is 0.435 e. The number of carbonyl (C=O) groups is 1. The molecule has 0 radical (unpaired) electrons. The van der Waals surface area contributed by atoms with Crippen LogP contribution in [-0.2, 0) is 6.42 Å². The molecule has 1 amide bonds. The minimum absolute atomic E-state index is 0.125. The van der Waals surface area contributed by atoms with Gasteiger partial charge in [0.1, 0.15) is 5.75 Å². The lowest BCUT2D eigenvalue weighted by Gasteiger charge is -2.42. The molecule has 2 aromatic heterocycles. The summed E-state index contributed by atoms with van der Waals surface area (Å²) < 4.78 is 44.0. The first-order chi connectivity index (χ1) is 22.6. The molecule has 3 heterocycles. The average molecular weight is 646 g/mol. The Bertz CT molecular complexity index is 1640. The fraction of sp³-hybridized carbons (Fsp3) is 0.378. The molecule has 0 spiro atoms. The van der Waals surface area contributed by atoms with E-state index in [1.54, 1.807) is 32.2 Å². The highest BCUT2D eigenvalue weighted by molar-refractivity contribution is 5.96. The molecule has 1 N–H and O–H groups in total. The van der Waals surface area contributed by atoms with E-state index in [-0.39, 0.29) is 23.7 Å². The fourth-order valence-corrected chi connectivity index (χ4v) is 6.50. The van der Waals surface area contributed by atoms with Crippen molar-refractivity contribution < 1.29 is 22.7 Å². The Labute approximate surface area is 274 Å². The van der Waals surface area contributed by atoms with Gasteiger partial charge < -0.3 is 19.9 Å². The van der Waals surface area contributed by atoms with E-state index in [1.807, 2.05) is 36.5 Å². The molecule has 0 bridgehead atoms. The molecule has 4 aromatic rings. The summed E-state index contributed by atoms with van der Waals surface area (Å²) in [6.07, 6.45) is 6.98. The molecule has 47 heavy (non-hydrogen) atoms. The number of rotatable bonds is 12. The van der Waals surface area contributed by atoms with Gasteiger partial charge in [0.15, 0.2) is 0 Å². The lowest BCUT2D eigenvalue weighted by molar-refractivity contribution is -0.0498. The van der Waals surface area contributed by atoms with Crippen LogP contribution in [0.15, 0.2) is 73.1 Å². The number of aryl methyl sites for hydroxylation is 3. The molecule has 248 valence electrons. The molecule has 1 aliphatic heterocycles. The highest BCUT2D eigenvalue weighted by Gasteiger charge is 2.29. The lowest BCUT2D eigenvalue weighted by atomic mass is 9.96. The zero-order chi connectivity index (χ0) is 33.5. The molecule has 7 nitrogen and oxygen atoms in total. The van der Waals surface area contributed by atoms with Crippen LogP contribution in [0.5, 0.6) is 5.75 Å². The van der Waals surface area contributed by atoms with Gasteiger partial charge in [0.2, 0.25) is 5.95 Å². The minimum atomic E-state index is -2.88. The summed E-state index contributed by atoms with van der Waals surface area (Å²) in [5.41, 5.74) is 6.85. The molecule has 1 aliphatic rings. The van der Waals surface area contributed by atoms with Gasteiger partial charge in [-0.2, -0.15) is 13.2 Å². The summed E-state index contributed by atoms with van der Waals surface area (Å²) in [7, 11) is 0. The number of para-hydroxylation sites is 1. The normalized spacial score (nSPS) is 14.6. The molecule has 1 atom stereocenters. The Hall–Kier alpha value is -4.44. The second-order valence-corrected chi connectivity index (χ2v) is 12.2. The van der Waals surface area contributed by atoms with E-state index in [9.17, 15) is 18.0 Å². The highest BCUT2D eigenvalue weighted by Crippen LogP contribution is 2.37. The van der Waals surface area contributed by atoms with Gasteiger partial charge in [-0.3, -0.25) is 9.78 Å². The zero-order valence-electron chi connectivity index (χ0n) is 27.3. The van der Waals surface area contributed by atoms with Gasteiger partial charge in [-0.1, -0.05) is 18.2 Å². The number of alkyl halides is 2. The number of amides is 1. The number of hydrogen-bond acceptors (Lipinski definition) is 6. The Balaban J connectivity index is 1.29. The third-order valence-corrected chi connectivity index (χ3v) is 9.05. The molecule has 2 aromatic carbocycles. The predicted molar refractivity (Wildman–Crippen MR) is 178 cm³/mol. The molecule has 5 rings (SSSR count). The molecule has 0 unspecified atom stereocenters. The van der Waals surface area contributed by atoms with Gasteiger partial charge in [-0.15, -0.1) is 0 Å². The van der Waals surface area contributed by atoms with Crippen LogP contribution in [-0.4, -0.2) is 59.1 Å². The SMILES string of the molecule is Cc1ccncc1Cc1ccccc1N(c1ccc(OC(F)F)cc1)C1CCN([C@H](C)CCNC(=O)c2c(C)cc(F)nc2C)CC1. The van der Waals surface area contributed by atoms with Crippen molar-refractivity contribution in [1.29, 1.82) is 0 Å². The Kier molecular flexibility index (Phi) is 11.1. The van der Waals surface area contributed by atoms with E-state index < -0.39 is 12.6 Å². The summed E-state index contributed by atoms with van der Waals surface area (Å²) in [5.74, 6) is -0.698. The monoisotopic (exact) mass is 645 g/mol. The number of aromatic nitrogens is 2. The number of carbonyl (C=O) groups excluding carboxylic acids is 1. The number of piperidine rings is 1. The van der Waals surface area contributed by atoms with Gasteiger partial charge in [0, 0.05) is 61.9 Å². The smallest absolute Gasteiger partial charge is 0.387 e. The first-order valence-electron chi connectivity index (χ1n) is 16.1. The first kappa shape index (κ1) is 33.9. The zero-order valence-corrected chi connectivity index (χ0v) is 27.3. The van der Waals surface area contributed by atoms with Crippen molar-refractivity contribution in [2.75, 3.05) is 24.5 Å².